The molecule has 10 nitrogen and oxygen atoms in total. The zero-order chi connectivity index (χ0) is 28.7. The van der Waals surface area contributed by atoms with Gasteiger partial charge in [0.15, 0.2) is 5.13 Å². The van der Waals surface area contributed by atoms with Gasteiger partial charge in [0, 0.05) is 75.4 Å². The number of anilines is 2. The molecule has 40 heavy (non-hydrogen) atoms. The number of piperidine rings is 1. The fourth-order valence-electron chi connectivity index (χ4n) is 4.94. The van der Waals surface area contributed by atoms with E-state index in [0.29, 0.717) is 44.7 Å². The molecule has 4 aliphatic rings. The predicted molar refractivity (Wildman–Crippen MR) is 159 cm³/mol. The SMILES string of the molecule is COCC1(O)CCOCC1.Cc1ccc(Nc2nc(-c3sc(C)nc3C)cs2)nc1.N=C1C[C@@H]2C[C@H](C1)N2C=O. The number of hydrogen-bond acceptors (Lipinski definition) is 11. The lowest BCUT2D eigenvalue weighted by Crippen LogP contribution is -2.60. The van der Waals surface area contributed by atoms with E-state index in [-0.39, 0.29) is 0 Å². The van der Waals surface area contributed by atoms with Crippen LogP contribution in [0.15, 0.2) is 23.7 Å². The number of hydrogen-bond donors (Lipinski definition) is 3. The van der Waals surface area contributed by atoms with Crippen LogP contribution in [0.3, 0.4) is 0 Å². The van der Waals surface area contributed by atoms with E-state index in [4.69, 9.17) is 14.9 Å². The first-order valence-corrected chi connectivity index (χ1v) is 15.1. The second-order valence-corrected chi connectivity index (χ2v) is 12.5. The highest BCUT2D eigenvalue weighted by atomic mass is 32.1. The van der Waals surface area contributed by atoms with Crippen LogP contribution in [0, 0.1) is 26.2 Å². The van der Waals surface area contributed by atoms with Gasteiger partial charge in [0.05, 0.1) is 33.5 Å². The van der Waals surface area contributed by atoms with Crippen molar-refractivity contribution in [3.63, 3.8) is 0 Å². The normalized spacial score (nSPS) is 20.8. The number of methoxy groups -OCH3 is 1. The first-order chi connectivity index (χ1) is 19.2. The van der Waals surface area contributed by atoms with E-state index in [1.165, 1.54) is 0 Å². The van der Waals surface area contributed by atoms with Crippen molar-refractivity contribution in [1.29, 1.82) is 5.41 Å². The van der Waals surface area contributed by atoms with Crippen molar-refractivity contribution in [1.82, 2.24) is 19.9 Å². The van der Waals surface area contributed by atoms with Crippen molar-refractivity contribution in [2.75, 3.05) is 32.2 Å². The Balaban J connectivity index is 0.000000155. The first kappa shape index (κ1) is 30.2. The number of nitrogens with one attached hydrogen (secondary N) is 2. The minimum atomic E-state index is -0.618. The summed E-state index contributed by atoms with van der Waals surface area (Å²) in [7, 11) is 1.60. The van der Waals surface area contributed by atoms with Crippen LogP contribution in [-0.4, -0.2) is 81.7 Å². The van der Waals surface area contributed by atoms with Gasteiger partial charge >= 0.3 is 0 Å². The number of nitrogens with zero attached hydrogens (tertiary/aromatic N) is 4. The summed E-state index contributed by atoms with van der Waals surface area (Å²) in [6, 6.07) is 4.74. The maximum Gasteiger partial charge on any atom is 0.210 e. The van der Waals surface area contributed by atoms with Crippen LogP contribution >= 0.6 is 22.7 Å². The van der Waals surface area contributed by atoms with E-state index in [1.807, 2.05) is 44.0 Å². The molecule has 1 aliphatic carbocycles. The van der Waals surface area contributed by atoms with E-state index in [1.54, 1.807) is 29.8 Å². The number of ether oxygens (including phenoxy) is 2. The molecule has 7 rings (SSSR count). The van der Waals surface area contributed by atoms with Gasteiger partial charge < -0.3 is 30.2 Å². The van der Waals surface area contributed by atoms with Crippen molar-refractivity contribution >= 4 is 45.7 Å². The Kier molecular flexibility index (Phi) is 10.4. The minimum absolute atomic E-state index is 0.378. The van der Waals surface area contributed by atoms with Crippen LogP contribution in [-0.2, 0) is 14.3 Å². The van der Waals surface area contributed by atoms with Gasteiger partial charge in [-0.1, -0.05) is 6.07 Å². The highest BCUT2D eigenvalue weighted by molar-refractivity contribution is 7.16. The Morgan fingerprint density at radius 3 is 2.52 bits per heavy atom. The largest absolute Gasteiger partial charge is 0.387 e. The zero-order valence-corrected chi connectivity index (χ0v) is 25.1. The number of amides is 1. The Labute approximate surface area is 243 Å². The lowest BCUT2D eigenvalue weighted by atomic mass is 9.79. The Morgan fingerprint density at radius 1 is 1.23 bits per heavy atom. The van der Waals surface area contributed by atoms with Crippen molar-refractivity contribution in [2.45, 2.75) is 70.6 Å². The van der Waals surface area contributed by atoms with Crippen molar-refractivity contribution in [3.8, 4) is 10.6 Å². The molecule has 0 spiro atoms. The lowest BCUT2D eigenvalue weighted by Gasteiger charge is -2.50. The fourth-order valence-corrected chi connectivity index (χ4v) is 6.60. The molecule has 1 saturated carbocycles. The molecule has 12 heteroatoms. The van der Waals surface area contributed by atoms with E-state index in [9.17, 15) is 9.90 Å². The molecule has 216 valence electrons. The monoisotopic (exact) mass is 586 g/mol. The van der Waals surface area contributed by atoms with Crippen LogP contribution in [0.1, 0.15) is 48.4 Å². The number of aromatic nitrogens is 3. The maximum atomic E-state index is 10.4. The van der Waals surface area contributed by atoms with Gasteiger partial charge in [-0.2, -0.15) is 0 Å². The Morgan fingerprint density at radius 2 is 1.95 bits per heavy atom. The number of fused-ring (bicyclic) bond motifs is 2. The van der Waals surface area contributed by atoms with Gasteiger partial charge in [-0.05, 0) is 38.8 Å². The van der Waals surface area contributed by atoms with E-state index >= 15 is 0 Å². The number of thiazole rings is 2. The zero-order valence-electron chi connectivity index (χ0n) is 23.5. The second kappa shape index (κ2) is 13.7. The van der Waals surface area contributed by atoms with E-state index in [0.717, 1.165) is 69.2 Å². The van der Waals surface area contributed by atoms with Crippen LogP contribution < -0.4 is 5.32 Å². The molecule has 2 bridgehead atoms. The first-order valence-electron chi connectivity index (χ1n) is 13.4. The van der Waals surface area contributed by atoms with Gasteiger partial charge in [0.2, 0.25) is 6.41 Å². The standard InChI is InChI=1S/C14H14N4S2.C7H10N2O.C7H14O3/c1-8-4-5-12(15-6-8)18-14-17-11(7-19-14)13-9(2)16-10(3)20-13;8-5-1-6-3-7(2-5)9(6)4-10;1-9-6-7(8)2-4-10-5-3-7/h4-7H,1-3H3,(H,15,17,18);4,6-8H,1-3H2;8H,2-6H2,1H3/t;6-,7+;. The number of aliphatic hydroxyl groups is 1. The summed E-state index contributed by atoms with van der Waals surface area (Å²) >= 11 is 3.26. The molecule has 3 aromatic rings. The quantitative estimate of drug-likeness (QED) is 0.347. The second-order valence-electron chi connectivity index (χ2n) is 10.4. The van der Waals surface area contributed by atoms with Crippen LogP contribution in [0.25, 0.3) is 10.6 Å². The summed E-state index contributed by atoms with van der Waals surface area (Å²) in [6.07, 6.45) is 6.91. The van der Waals surface area contributed by atoms with Crippen molar-refractivity contribution < 1.29 is 19.4 Å². The third-order valence-corrected chi connectivity index (χ3v) is 8.95. The summed E-state index contributed by atoms with van der Waals surface area (Å²) in [5.41, 5.74) is 3.36. The molecule has 3 aliphatic heterocycles. The third-order valence-electron chi connectivity index (χ3n) is 7.10. The molecule has 1 amide bonds. The Bertz CT molecular complexity index is 1250. The topological polar surface area (TPSA) is 134 Å². The molecule has 0 aromatic carbocycles. The molecule has 2 atom stereocenters. The third kappa shape index (κ3) is 7.91. The van der Waals surface area contributed by atoms with Gasteiger partial charge in [-0.15, -0.1) is 22.7 Å². The number of aryl methyl sites for hydroxylation is 3. The average Bonchev–Trinajstić information content (AvgIpc) is 3.51. The highest BCUT2D eigenvalue weighted by Gasteiger charge is 2.42. The molecule has 6 heterocycles. The average molecular weight is 587 g/mol. The Hall–Kier alpha value is -2.77. The molecule has 4 fully saturated rings. The highest BCUT2D eigenvalue weighted by Crippen LogP contribution is 2.35. The fraction of sp³-hybridized carbons (Fsp3) is 0.536. The minimum Gasteiger partial charge on any atom is -0.387 e. The maximum absolute atomic E-state index is 10.4. The van der Waals surface area contributed by atoms with Gasteiger partial charge in [-0.3, -0.25) is 4.79 Å². The molecule has 0 unspecified atom stereocenters. The van der Waals surface area contributed by atoms with Crippen LogP contribution in [0.5, 0.6) is 0 Å². The molecule has 3 aromatic heterocycles. The molecular weight excluding hydrogens is 548 g/mol. The number of pyridine rings is 1. The number of carbonyl (C=O) groups excluding carboxylic acids is 1. The summed E-state index contributed by atoms with van der Waals surface area (Å²) in [5.74, 6) is 0.814. The van der Waals surface area contributed by atoms with Gasteiger partial charge in [0.1, 0.15) is 5.82 Å². The van der Waals surface area contributed by atoms with E-state index in [2.05, 4.69) is 25.6 Å². The smallest absolute Gasteiger partial charge is 0.210 e. The number of rotatable bonds is 6. The molecule has 3 saturated heterocycles. The number of carbonyl (C=O) groups is 1. The van der Waals surface area contributed by atoms with E-state index < -0.39 is 5.60 Å². The molecule has 0 radical (unpaired) electrons. The van der Waals surface area contributed by atoms with Crippen molar-refractivity contribution in [2.24, 2.45) is 0 Å². The summed E-state index contributed by atoms with van der Waals surface area (Å²) in [5, 5.41) is 24.2. The van der Waals surface area contributed by atoms with Crippen molar-refractivity contribution in [3.05, 3.63) is 40.0 Å². The van der Waals surface area contributed by atoms with Gasteiger partial charge in [-0.25, -0.2) is 15.0 Å². The lowest BCUT2D eigenvalue weighted by molar-refractivity contribution is -0.130. The molecular formula is C28H38N6O4S2. The van der Waals surface area contributed by atoms with Crippen LogP contribution in [0.4, 0.5) is 10.9 Å². The summed E-state index contributed by atoms with van der Waals surface area (Å²) in [4.78, 5) is 26.7. The summed E-state index contributed by atoms with van der Waals surface area (Å²) in [6.45, 7) is 7.79. The van der Waals surface area contributed by atoms with Crippen LogP contribution in [0.2, 0.25) is 0 Å². The molecule has 3 N–H and O–H groups in total. The summed E-state index contributed by atoms with van der Waals surface area (Å²) < 4.78 is 9.97. The van der Waals surface area contributed by atoms with Gasteiger partial charge in [0.25, 0.3) is 0 Å². The predicted octanol–water partition coefficient (Wildman–Crippen LogP) is 4.90.